The lowest BCUT2D eigenvalue weighted by atomic mass is 9.96. The maximum atomic E-state index is 4.73. The maximum Gasteiger partial charge on any atom is 0.234 e. The first-order chi connectivity index (χ1) is 11.0. The van der Waals surface area contributed by atoms with Gasteiger partial charge in [0, 0.05) is 6.92 Å². The summed E-state index contributed by atoms with van der Waals surface area (Å²) in [7, 11) is 2.13. The molecule has 0 unspecified atom stereocenters. The largest absolute Gasteiger partial charge is 0.245 e. The molecule has 0 amide bonds. The van der Waals surface area contributed by atoms with Crippen molar-refractivity contribution in [2.24, 2.45) is 7.05 Å². The Morgan fingerprint density at radius 2 is 1.48 bits per heavy atom. The first-order valence-electron chi connectivity index (χ1n) is 7.99. The van der Waals surface area contributed by atoms with Crippen molar-refractivity contribution in [3.05, 3.63) is 71.2 Å². The third-order valence-corrected chi connectivity index (χ3v) is 4.64. The molecule has 1 aromatic heterocycles. The van der Waals surface area contributed by atoms with E-state index >= 15 is 0 Å². The molecule has 0 atom stereocenters. The number of hydrogen-bond donors (Lipinski definition) is 0. The number of benzene rings is 2. The van der Waals surface area contributed by atoms with E-state index in [1.807, 2.05) is 0 Å². The van der Waals surface area contributed by atoms with Crippen molar-refractivity contribution >= 4 is 0 Å². The van der Waals surface area contributed by atoms with Crippen molar-refractivity contribution < 1.29 is 4.57 Å². The smallest absolute Gasteiger partial charge is 0.234 e. The van der Waals surface area contributed by atoms with Crippen LogP contribution < -0.4 is 4.57 Å². The average Bonchev–Trinajstić information content (AvgIpc) is 2.55. The topological polar surface area (TPSA) is 16.8 Å². The fourth-order valence-corrected chi connectivity index (χ4v) is 3.10. The van der Waals surface area contributed by atoms with Gasteiger partial charge in [-0.3, -0.25) is 0 Å². The molecule has 0 aliphatic carbocycles. The molecule has 116 valence electrons. The molecule has 0 bridgehead atoms. The van der Waals surface area contributed by atoms with E-state index in [1.54, 1.807) is 0 Å². The molecule has 3 aromatic rings. The number of aryl methyl sites for hydroxylation is 3. The molecule has 0 aliphatic heterocycles. The van der Waals surface area contributed by atoms with Crippen molar-refractivity contribution in [2.45, 2.75) is 27.7 Å². The van der Waals surface area contributed by atoms with Gasteiger partial charge in [-0.2, -0.15) is 4.57 Å². The lowest BCUT2D eigenvalue weighted by Gasteiger charge is -2.12. The minimum Gasteiger partial charge on any atom is -0.245 e. The Labute approximate surface area is 138 Å². The highest BCUT2D eigenvalue weighted by Gasteiger charge is 2.21. The normalized spacial score (nSPS) is 10.8. The number of hydrogen-bond acceptors (Lipinski definition) is 1. The molecule has 3 rings (SSSR count). The van der Waals surface area contributed by atoms with Crippen molar-refractivity contribution in [2.75, 3.05) is 0 Å². The highest BCUT2D eigenvalue weighted by atomic mass is 15.0. The lowest BCUT2D eigenvalue weighted by Crippen LogP contribution is -2.37. The average molecular weight is 303 g/mol. The first-order valence-corrected chi connectivity index (χ1v) is 7.99. The van der Waals surface area contributed by atoms with Gasteiger partial charge in [0.05, 0.1) is 5.56 Å². The van der Waals surface area contributed by atoms with Crippen LogP contribution in [0.1, 0.15) is 22.6 Å². The van der Waals surface area contributed by atoms with E-state index in [9.17, 15) is 0 Å². The second-order valence-electron chi connectivity index (χ2n) is 6.17. The van der Waals surface area contributed by atoms with E-state index in [1.165, 1.54) is 33.6 Å². The summed E-state index contributed by atoms with van der Waals surface area (Å²) >= 11 is 0. The monoisotopic (exact) mass is 303 g/mol. The molecule has 0 aliphatic rings. The highest BCUT2D eigenvalue weighted by Crippen LogP contribution is 2.29. The Balaban J connectivity index is 2.24. The quantitative estimate of drug-likeness (QED) is 0.638. The minimum atomic E-state index is 1.07. The summed E-state index contributed by atoms with van der Waals surface area (Å²) in [5.74, 6) is 0. The molecule has 2 nitrogen and oxygen atoms in total. The van der Waals surface area contributed by atoms with Crippen LogP contribution in [0, 0.1) is 27.7 Å². The van der Waals surface area contributed by atoms with Crippen molar-refractivity contribution in [1.29, 1.82) is 0 Å². The third-order valence-electron chi connectivity index (χ3n) is 4.64. The van der Waals surface area contributed by atoms with Gasteiger partial charge in [0.15, 0.2) is 5.69 Å². The fraction of sp³-hybridized carbons (Fsp3) is 0.238. The summed E-state index contributed by atoms with van der Waals surface area (Å²) in [6, 6.07) is 17.2. The predicted octanol–water partition coefficient (Wildman–Crippen LogP) is 4.47. The molecule has 1 heterocycles. The second-order valence-corrected chi connectivity index (χ2v) is 6.17. The van der Waals surface area contributed by atoms with E-state index in [0.717, 1.165) is 11.4 Å². The molecule has 0 saturated heterocycles. The third kappa shape index (κ3) is 2.77. The molecule has 0 fully saturated rings. The van der Waals surface area contributed by atoms with Crippen molar-refractivity contribution in [3.63, 3.8) is 0 Å². The maximum absolute atomic E-state index is 4.73. The Morgan fingerprint density at radius 1 is 0.783 bits per heavy atom. The van der Waals surface area contributed by atoms with Gasteiger partial charge >= 0.3 is 0 Å². The van der Waals surface area contributed by atoms with Crippen molar-refractivity contribution in [3.8, 4) is 22.4 Å². The van der Waals surface area contributed by atoms with Crippen LogP contribution in [-0.4, -0.2) is 4.98 Å². The molecule has 0 spiro atoms. The van der Waals surface area contributed by atoms with Gasteiger partial charge in [0.25, 0.3) is 0 Å². The van der Waals surface area contributed by atoms with E-state index in [2.05, 4.69) is 87.8 Å². The number of aromatic nitrogens is 2. The summed E-state index contributed by atoms with van der Waals surface area (Å²) < 4.78 is 2.26. The van der Waals surface area contributed by atoms with Gasteiger partial charge in [-0.15, -0.1) is 0 Å². The molecule has 0 saturated carbocycles. The van der Waals surface area contributed by atoms with E-state index < -0.39 is 0 Å². The molecule has 2 aromatic carbocycles. The van der Waals surface area contributed by atoms with Gasteiger partial charge in [0.1, 0.15) is 18.4 Å². The van der Waals surface area contributed by atoms with Crippen LogP contribution in [0.4, 0.5) is 0 Å². The first kappa shape index (κ1) is 15.4. The van der Waals surface area contributed by atoms with E-state index in [0.29, 0.717) is 0 Å². The van der Waals surface area contributed by atoms with Crippen LogP contribution in [0.15, 0.2) is 48.5 Å². The molecule has 23 heavy (non-hydrogen) atoms. The molecule has 0 radical (unpaired) electrons. The molecule has 0 N–H and O–H groups in total. The zero-order valence-electron chi connectivity index (χ0n) is 14.5. The van der Waals surface area contributed by atoms with Crippen LogP contribution in [0.25, 0.3) is 22.4 Å². The number of rotatable bonds is 2. The van der Waals surface area contributed by atoms with Crippen molar-refractivity contribution in [1.82, 2.24) is 4.98 Å². The van der Waals surface area contributed by atoms with Gasteiger partial charge in [-0.05, 0) is 43.5 Å². The molecular weight excluding hydrogens is 280 g/mol. The van der Waals surface area contributed by atoms with Crippen LogP contribution in [0.2, 0.25) is 0 Å². The van der Waals surface area contributed by atoms with Gasteiger partial charge in [0.2, 0.25) is 5.69 Å². The molecule has 2 heteroatoms. The molecular formula is C21H23N2+. The summed E-state index contributed by atoms with van der Waals surface area (Å²) in [6.07, 6.45) is 0. The van der Waals surface area contributed by atoms with E-state index in [-0.39, 0.29) is 0 Å². The SMILES string of the molecule is Cc1ccc(-c2ccccc2)cc1-c1c(C)nc(C)c(C)[n+]1C. The highest BCUT2D eigenvalue weighted by molar-refractivity contribution is 5.73. The summed E-state index contributed by atoms with van der Waals surface area (Å²) in [5.41, 5.74) is 9.57. The Bertz CT molecular complexity index is 865. The Kier molecular flexibility index (Phi) is 3.99. The Hall–Kier alpha value is -2.48. The van der Waals surface area contributed by atoms with Gasteiger partial charge < -0.3 is 0 Å². The van der Waals surface area contributed by atoms with Crippen LogP contribution in [0.3, 0.4) is 0 Å². The lowest BCUT2D eigenvalue weighted by molar-refractivity contribution is -0.667. The summed E-state index contributed by atoms with van der Waals surface area (Å²) in [5, 5.41) is 0. The zero-order chi connectivity index (χ0) is 16.6. The van der Waals surface area contributed by atoms with Gasteiger partial charge in [-0.25, -0.2) is 4.98 Å². The Morgan fingerprint density at radius 3 is 2.17 bits per heavy atom. The van der Waals surface area contributed by atoms with Crippen LogP contribution in [0.5, 0.6) is 0 Å². The van der Waals surface area contributed by atoms with Crippen LogP contribution >= 0.6 is 0 Å². The second kappa shape index (κ2) is 5.96. The fourth-order valence-electron chi connectivity index (χ4n) is 3.10. The zero-order valence-corrected chi connectivity index (χ0v) is 14.5. The van der Waals surface area contributed by atoms with Crippen LogP contribution in [-0.2, 0) is 7.05 Å². The number of nitrogens with zero attached hydrogens (tertiary/aromatic N) is 2. The minimum absolute atomic E-state index is 1.07. The van der Waals surface area contributed by atoms with E-state index in [4.69, 9.17) is 4.98 Å². The summed E-state index contributed by atoms with van der Waals surface area (Å²) in [6.45, 7) is 8.45. The standard InChI is InChI=1S/C21H23N2/c1-14-11-12-19(18-9-7-6-8-10-18)13-20(14)21-16(3)22-15(2)17(4)23(21)5/h6-13H,1-5H3/q+1. The van der Waals surface area contributed by atoms with Gasteiger partial charge in [-0.1, -0.05) is 42.5 Å². The predicted molar refractivity (Wildman–Crippen MR) is 95.2 cm³/mol. The summed E-state index contributed by atoms with van der Waals surface area (Å²) in [4.78, 5) is 4.73.